The largest absolute Gasteiger partial charge is 0.459 e. The summed E-state index contributed by atoms with van der Waals surface area (Å²) in [5.41, 5.74) is 0.207. The van der Waals surface area contributed by atoms with Gasteiger partial charge in [-0.15, -0.1) is 0 Å². The molecule has 3 unspecified atom stereocenters. The maximum absolute atomic E-state index is 11.8. The van der Waals surface area contributed by atoms with E-state index < -0.39 is 0 Å². The Morgan fingerprint density at radius 2 is 1.86 bits per heavy atom. The van der Waals surface area contributed by atoms with Gasteiger partial charge in [0.05, 0.1) is 6.10 Å². The van der Waals surface area contributed by atoms with Crippen LogP contribution in [0.5, 0.6) is 0 Å². The van der Waals surface area contributed by atoms with Gasteiger partial charge in [-0.25, -0.2) is 0 Å². The van der Waals surface area contributed by atoms with Gasteiger partial charge >= 0.3 is 5.97 Å². The van der Waals surface area contributed by atoms with Crippen molar-refractivity contribution in [1.82, 2.24) is 0 Å². The lowest BCUT2D eigenvalue weighted by atomic mass is 9.46. The highest BCUT2D eigenvalue weighted by atomic mass is 16.6. The zero-order valence-corrected chi connectivity index (χ0v) is 14.0. The molecule has 22 heavy (non-hydrogen) atoms. The van der Waals surface area contributed by atoms with Gasteiger partial charge in [0.1, 0.15) is 5.60 Å². The number of rotatable bonds is 0. The Bertz CT molecular complexity index is 475. The molecule has 0 aromatic rings. The minimum absolute atomic E-state index is 0.0119. The molecule has 0 spiro atoms. The van der Waals surface area contributed by atoms with E-state index in [2.05, 4.69) is 13.8 Å². The van der Waals surface area contributed by atoms with Crippen LogP contribution in [0.2, 0.25) is 0 Å². The second kappa shape index (κ2) is 4.96. The molecule has 3 nitrogen and oxygen atoms in total. The number of esters is 1. The van der Waals surface area contributed by atoms with Crippen LogP contribution in [-0.4, -0.2) is 22.8 Å². The standard InChI is InChI=1S/C19H30O3/c1-18-9-7-13(20)11-12(18)3-4-14-15(18)8-10-19(2)16(14)5-6-17(21)22-19/h12-16,20H,3-11H2,1-2H3/t12-,13-,14?,15?,16?,18-,19-/m0/s1. The predicted octanol–water partition coefficient (Wildman–Crippen LogP) is 3.69. The minimum atomic E-state index is -0.201. The highest BCUT2D eigenvalue weighted by Crippen LogP contribution is 2.63. The Morgan fingerprint density at radius 1 is 1.05 bits per heavy atom. The summed E-state index contributed by atoms with van der Waals surface area (Å²) in [5.74, 6) is 2.77. The van der Waals surface area contributed by atoms with E-state index in [1.165, 1.54) is 25.7 Å². The second-order valence-corrected chi connectivity index (χ2v) is 8.95. The third kappa shape index (κ3) is 2.07. The Morgan fingerprint density at radius 3 is 2.68 bits per heavy atom. The number of carbonyl (C=O) groups excluding carboxylic acids is 1. The van der Waals surface area contributed by atoms with E-state index in [-0.39, 0.29) is 17.7 Å². The summed E-state index contributed by atoms with van der Waals surface area (Å²) < 4.78 is 5.83. The van der Waals surface area contributed by atoms with Crippen LogP contribution in [0.15, 0.2) is 0 Å². The van der Waals surface area contributed by atoms with Crippen LogP contribution in [0.1, 0.15) is 71.6 Å². The molecule has 0 aromatic carbocycles. The van der Waals surface area contributed by atoms with Crippen molar-refractivity contribution in [3.05, 3.63) is 0 Å². The molecule has 0 aromatic heterocycles. The molecule has 0 bridgehead atoms. The molecule has 0 radical (unpaired) electrons. The lowest BCUT2D eigenvalue weighted by Gasteiger charge is -2.61. The van der Waals surface area contributed by atoms with Crippen molar-refractivity contribution < 1.29 is 14.6 Å². The molecule has 1 N–H and O–H groups in total. The van der Waals surface area contributed by atoms with Crippen LogP contribution in [0.4, 0.5) is 0 Å². The first-order valence-electron chi connectivity index (χ1n) is 9.32. The summed E-state index contributed by atoms with van der Waals surface area (Å²) in [7, 11) is 0. The molecular weight excluding hydrogens is 276 g/mol. The lowest BCUT2D eigenvalue weighted by molar-refractivity contribution is -0.204. The highest BCUT2D eigenvalue weighted by molar-refractivity contribution is 5.70. The fourth-order valence-electron chi connectivity index (χ4n) is 6.75. The van der Waals surface area contributed by atoms with Gasteiger partial charge in [-0.05, 0) is 81.5 Å². The van der Waals surface area contributed by atoms with Crippen molar-refractivity contribution in [2.45, 2.75) is 83.3 Å². The molecule has 3 saturated carbocycles. The van der Waals surface area contributed by atoms with Gasteiger partial charge in [-0.3, -0.25) is 4.79 Å². The average Bonchev–Trinajstić information content (AvgIpc) is 2.46. The highest BCUT2D eigenvalue weighted by Gasteiger charge is 2.58. The fraction of sp³-hybridized carbons (Fsp3) is 0.947. The van der Waals surface area contributed by atoms with Gasteiger partial charge in [0.2, 0.25) is 0 Å². The van der Waals surface area contributed by atoms with E-state index in [4.69, 9.17) is 4.74 Å². The molecule has 1 saturated heterocycles. The molecular formula is C19H30O3. The number of fused-ring (bicyclic) bond motifs is 5. The second-order valence-electron chi connectivity index (χ2n) is 8.95. The quantitative estimate of drug-likeness (QED) is 0.694. The van der Waals surface area contributed by atoms with Crippen LogP contribution < -0.4 is 0 Å². The van der Waals surface area contributed by atoms with E-state index in [0.717, 1.165) is 37.5 Å². The van der Waals surface area contributed by atoms with E-state index in [9.17, 15) is 9.90 Å². The number of aliphatic hydroxyl groups is 1. The van der Waals surface area contributed by atoms with Gasteiger partial charge < -0.3 is 9.84 Å². The molecule has 4 aliphatic rings. The number of hydrogen-bond acceptors (Lipinski definition) is 3. The third-order valence-electron chi connectivity index (χ3n) is 7.98. The van der Waals surface area contributed by atoms with Gasteiger partial charge in [0.25, 0.3) is 0 Å². The van der Waals surface area contributed by atoms with E-state index >= 15 is 0 Å². The van der Waals surface area contributed by atoms with Crippen molar-refractivity contribution in [2.24, 2.45) is 29.1 Å². The predicted molar refractivity (Wildman–Crippen MR) is 84.1 cm³/mol. The molecule has 124 valence electrons. The Hall–Kier alpha value is -0.570. The van der Waals surface area contributed by atoms with Crippen molar-refractivity contribution in [2.75, 3.05) is 0 Å². The fourth-order valence-corrected chi connectivity index (χ4v) is 6.75. The van der Waals surface area contributed by atoms with Gasteiger partial charge in [0.15, 0.2) is 0 Å². The van der Waals surface area contributed by atoms with Crippen LogP contribution in [0.3, 0.4) is 0 Å². The molecule has 3 heteroatoms. The van der Waals surface area contributed by atoms with Gasteiger partial charge in [0, 0.05) is 12.3 Å². The first kappa shape index (κ1) is 15.0. The Balaban J connectivity index is 1.61. The van der Waals surface area contributed by atoms with Crippen molar-refractivity contribution in [3.63, 3.8) is 0 Å². The Kier molecular flexibility index (Phi) is 3.38. The molecule has 1 heterocycles. The van der Waals surface area contributed by atoms with Crippen LogP contribution in [-0.2, 0) is 9.53 Å². The molecule has 1 aliphatic heterocycles. The van der Waals surface area contributed by atoms with E-state index in [1.54, 1.807) is 0 Å². The maximum atomic E-state index is 11.8. The normalized spacial score (nSPS) is 54.7. The summed E-state index contributed by atoms with van der Waals surface area (Å²) >= 11 is 0. The molecule has 4 rings (SSSR count). The van der Waals surface area contributed by atoms with Crippen LogP contribution in [0, 0.1) is 29.1 Å². The average molecular weight is 306 g/mol. The topological polar surface area (TPSA) is 46.5 Å². The molecule has 4 fully saturated rings. The lowest BCUT2D eigenvalue weighted by Crippen LogP contribution is -2.58. The first-order chi connectivity index (χ1) is 10.4. The SMILES string of the molecule is C[C@]12CCC3C(CC[C@H]4C[C@@H](O)CC[C@]34C)C1CCC(=O)O2. The maximum Gasteiger partial charge on any atom is 0.306 e. The monoisotopic (exact) mass is 306 g/mol. The summed E-state index contributed by atoms with van der Waals surface area (Å²) in [6, 6.07) is 0. The van der Waals surface area contributed by atoms with Gasteiger partial charge in [-0.2, -0.15) is 0 Å². The third-order valence-corrected chi connectivity index (χ3v) is 7.98. The molecule has 0 amide bonds. The van der Waals surface area contributed by atoms with Crippen LogP contribution in [0.25, 0.3) is 0 Å². The van der Waals surface area contributed by atoms with Crippen molar-refractivity contribution in [3.8, 4) is 0 Å². The zero-order chi connectivity index (χ0) is 15.5. The van der Waals surface area contributed by atoms with Crippen molar-refractivity contribution in [1.29, 1.82) is 0 Å². The van der Waals surface area contributed by atoms with Crippen LogP contribution >= 0.6 is 0 Å². The van der Waals surface area contributed by atoms with Crippen molar-refractivity contribution >= 4 is 5.97 Å². The van der Waals surface area contributed by atoms with E-state index in [0.29, 0.717) is 23.7 Å². The number of hydrogen-bond donors (Lipinski definition) is 1. The minimum Gasteiger partial charge on any atom is -0.459 e. The number of ether oxygens (including phenoxy) is 1. The summed E-state index contributed by atoms with van der Waals surface area (Å²) in [6.07, 6.45) is 9.52. The molecule has 7 atom stereocenters. The first-order valence-corrected chi connectivity index (χ1v) is 9.32. The molecule has 3 aliphatic carbocycles. The Labute approximate surface area is 133 Å². The summed E-state index contributed by atoms with van der Waals surface area (Å²) in [5, 5.41) is 10.1. The summed E-state index contributed by atoms with van der Waals surface area (Å²) in [6.45, 7) is 4.68. The number of carbonyl (C=O) groups is 1. The summed E-state index contributed by atoms with van der Waals surface area (Å²) in [4.78, 5) is 11.8. The zero-order valence-electron chi connectivity index (χ0n) is 14.0. The smallest absolute Gasteiger partial charge is 0.306 e. The van der Waals surface area contributed by atoms with E-state index in [1.807, 2.05) is 0 Å². The number of aliphatic hydroxyl groups excluding tert-OH is 1. The van der Waals surface area contributed by atoms with Gasteiger partial charge in [-0.1, -0.05) is 6.92 Å².